The predicted octanol–water partition coefficient (Wildman–Crippen LogP) is 2.81. The number of hydrogen-bond acceptors (Lipinski definition) is 6. The van der Waals surface area contributed by atoms with Crippen molar-refractivity contribution in [2.75, 3.05) is 36.1 Å². The van der Waals surface area contributed by atoms with Crippen LogP contribution in [0.4, 0.5) is 27.0 Å². The minimum absolute atomic E-state index is 0.172. The van der Waals surface area contributed by atoms with Gasteiger partial charge in [0.1, 0.15) is 12.4 Å². The summed E-state index contributed by atoms with van der Waals surface area (Å²) in [6, 6.07) is 6.96. The molecule has 0 fully saturated rings. The van der Waals surface area contributed by atoms with E-state index in [2.05, 4.69) is 31.2 Å². The zero-order chi connectivity index (χ0) is 19.8. The largest absolute Gasteiger partial charge is 0.448 e. The van der Waals surface area contributed by atoms with Gasteiger partial charge in [-0.1, -0.05) is 6.07 Å². The third-order valence-electron chi connectivity index (χ3n) is 3.69. The van der Waals surface area contributed by atoms with Crippen molar-refractivity contribution in [2.45, 2.75) is 20.8 Å². The number of aryl methyl sites for hydroxylation is 3. The molecule has 0 spiro atoms. The summed E-state index contributed by atoms with van der Waals surface area (Å²) in [5.41, 5.74) is 3.61. The first-order valence-corrected chi connectivity index (χ1v) is 8.46. The maximum absolute atomic E-state index is 12.2. The minimum Gasteiger partial charge on any atom is -0.448 e. The standard InChI is InChI=1S/C18H24N6O3/c1-11-5-6-14(9-12(11)2)22-17(25)24-16-21-13(3)10-15(23-16)20-7-8-27-18(26)19-4/h5-6,9-10H,7-8H2,1-4H3,(H,19,26)(H3,20,21,22,23,24,25). The van der Waals surface area contributed by atoms with Gasteiger partial charge in [-0.15, -0.1) is 0 Å². The smallest absolute Gasteiger partial charge is 0.406 e. The number of urea groups is 1. The van der Waals surface area contributed by atoms with Crippen LogP contribution >= 0.6 is 0 Å². The number of nitrogens with zero attached hydrogens (tertiary/aromatic N) is 2. The summed E-state index contributed by atoms with van der Waals surface area (Å²) in [5.74, 6) is 0.690. The number of benzene rings is 1. The Morgan fingerprint density at radius 2 is 1.81 bits per heavy atom. The molecule has 2 aromatic rings. The molecule has 0 saturated heterocycles. The summed E-state index contributed by atoms with van der Waals surface area (Å²) in [4.78, 5) is 31.6. The van der Waals surface area contributed by atoms with Gasteiger partial charge in [-0.2, -0.15) is 4.98 Å². The first kappa shape index (κ1) is 20.0. The Balaban J connectivity index is 1.93. The SMILES string of the molecule is CNC(=O)OCCNc1cc(C)nc(NC(=O)Nc2ccc(C)c(C)c2)n1. The van der Waals surface area contributed by atoms with Gasteiger partial charge in [0.25, 0.3) is 0 Å². The first-order chi connectivity index (χ1) is 12.9. The van der Waals surface area contributed by atoms with E-state index in [-0.39, 0.29) is 12.6 Å². The average molecular weight is 372 g/mol. The van der Waals surface area contributed by atoms with Gasteiger partial charge in [0.05, 0.1) is 6.54 Å². The minimum atomic E-state index is -0.499. The Morgan fingerprint density at radius 3 is 2.52 bits per heavy atom. The van der Waals surface area contributed by atoms with Crippen LogP contribution in [0.1, 0.15) is 16.8 Å². The summed E-state index contributed by atoms with van der Waals surface area (Å²) >= 11 is 0. The van der Waals surface area contributed by atoms with Crippen molar-refractivity contribution in [3.8, 4) is 0 Å². The molecule has 27 heavy (non-hydrogen) atoms. The van der Waals surface area contributed by atoms with Crippen LogP contribution in [0.25, 0.3) is 0 Å². The van der Waals surface area contributed by atoms with Crippen molar-refractivity contribution in [3.05, 3.63) is 41.1 Å². The lowest BCUT2D eigenvalue weighted by Gasteiger charge is -2.11. The predicted molar refractivity (Wildman–Crippen MR) is 104 cm³/mol. The van der Waals surface area contributed by atoms with Crippen molar-refractivity contribution in [1.29, 1.82) is 0 Å². The Kier molecular flexibility index (Phi) is 6.93. The van der Waals surface area contributed by atoms with Crippen LogP contribution in [0.5, 0.6) is 0 Å². The van der Waals surface area contributed by atoms with E-state index in [9.17, 15) is 9.59 Å². The molecule has 0 aliphatic carbocycles. The Labute approximate surface area is 157 Å². The highest BCUT2D eigenvalue weighted by atomic mass is 16.5. The zero-order valence-electron chi connectivity index (χ0n) is 15.8. The number of nitrogens with one attached hydrogen (secondary N) is 4. The van der Waals surface area contributed by atoms with Crippen molar-refractivity contribution in [1.82, 2.24) is 15.3 Å². The molecule has 1 heterocycles. The Bertz CT molecular complexity index is 825. The molecule has 1 aromatic heterocycles. The van der Waals surface area contributed by atoms with E-state index < -0.39 is 12.1 Å². The van der Waals surface area contributed by atoms with Crippen LogP contribution in [-0.4, -0.2) is 42.3 Å². The third kappa shape index (κ3) is 6.46. The summed E-state index contributed by atoms with van der Waals surface area (Å²) in [6.45, 7) is 6.33. The molecule has 0 aliphatic rings. The maximum atomic E-state index is 12.2. The molecule has 1 aromatic carbocycles. The molecule has 0 atom stereocenters. The van der Waals surface area contributed by atoms with Crippen molar-refractivity contribution in [3.63, 3.8) is 0 Å². The number of ether oxygens (including phenoxy) is 1. The summed E-state index contributed by atoms with van der Waals surface area (Å²) in [7, 11) is 1.49. The van der Waals surface area contributed by atoms with Crippen LogP contribution in [0.3, 0.4) is 0 Å². The molecular weight excluding hydrogens is 348 g/mol. The molecule has 0 saturated carbocycles. The van der Waals surface area contributed by atoms with E-state index in [1.165, 1.54) is 7.05 Å². The number of aromatic nitrogens is 2. The van der Waals surface area contributed by atoms with Gasteiger partial charge < -0.3 is 20.7 Å². The quantitative estimate of drug-likeness (QED) is 0.579. The molecular formula is C18H24N6O3. The molecule has 9 heteroatoms. The maximum Gasteiger partial charge on any atom is 0.406 e. The molecule has 3 amide bonds. The second kappa shape index (κ2) is 9.37. The van der Waals surface area contributed by atoms with E-state index in [0.29, 0.717) is 23.7 Å². The number of carbonyl (C=O) groups excluding carboxylic acids is 2. The molecule has 0 unspecified atom stereocenters. The van der Waals surface area contributed by atoms with Crippen LogP contribution in [0.15, 0.2) is 24.3 Å². The fourth-order valence-electron chi connectivity index (χ4n) is 2.19. The highest BCUT2D eigenvalue weighted by molar-refractivity contribution is 5.98. The van der Waals surface area contributed by atoms with Gasteiger partial charge in [0, 0.05) is 24.5 Å². The van der Waals surface area contributed by atoms with Crippen LogP contribution in [0, 0.1) is 20.8 Å². The molecule has 0 radical (unpaired) electrons. The highest BCUT2D eigenvalue weighted by Gasteiger charge is 2.08. The topological polar surface area (TPSA) is 117 Å². The molecule has 0 bridgehead atoms. The fraction of sp³-hybridized carbons (Fsp3) is 0.333. The van der Waals surface area contributed by atoms with E-state index in [1.807, 2.05) is 32.0 Å². The molecule has 144 valence electrons. The number of alkyl carbamates (subject to hydrolysis) is 1. The molecule has 9 nitrogen and oxygen atoms in total. The van der Waals surface area contributed by atoms with E-state index in [0.717, 1.165) is 11.1 Å². The zero-order valence-corrected chi connectivity index (χ0v) is 15.8. The second-order valence-corrected chi connectivity index (χ2v) is 5.91. The van der Waals surface area contributed by atoms with Crippen molar-refractivity contribution >= 4 is 29.6 Å². The monoisotopic (exact) mass is 372 g/mol. The third-order valence-corrected chi connectivity index (χ3v) is 3.69. The lowest BCUT2D eigenvalue weighted by molar-refractivity contribution is 0.153. The van der Waals surface area contributed by atoms with Crippen molar-refractivity contribution < 1.29 is 14.3 Å². The fourth-order valence-corrected chi connectivity index (χ4v) is 2.19. The summed E-state index contributed by atoms with van der Waals surface area (Å²) in [5, 5.41) is 10.7. The van der Waals surface area contributed by atoms with E-state index in [1.54, 1.807) is 13.0 Å². The summed E-state index contributed by atoms with van der Waals surface area (Å²) < 4.78 is 4.89. The van der Waals surface area contributed by atoms with Gasteiger partial charge in [-0.3, -0.25) is 5.32 Å². The van der Waals surface area contributed by atoms with Gasteiger partial charge in [-0.25, -0.2) is 14.6 Å². The molecule has 2 rings (SSSR count). The first-order valence-electron chi connectivity index (χ1n) is 8.46. The Morgan fingerprint density at radius 1 is 1.04 bits per heavy atom. The van der Waals surface area contributed by atoms with Gasteiger partial charge in [-0.05, 0) is 44.0 Å². The number of rotatable bonds is 6. The number of carbonyl (C=O) groups is 2. The second-order valence-electron chi connectivity index (χ2n) is 5.91. The van der Waals surface area contributed by atoms with Crippen LogP contribution in [0.2, 0.25) is 0 Å². The van der Waals surface area contributed by atoms with Crippen LogP contribution < -0.4 is 21.3 Å². The lowest BCUT2D eigenvalue weighted by atomic mass is 10.1. The van der Waals surface area contributed by atoms with Crippen LogP contribution in [-0.2, 0) is 4.74 Å². The van der Waals surface area contributed by atoms with E-state index >= 15 is 0 Å². The van der Waals surface area contributed by atoms with E-state index in [4.69, 9.17) is 4.74 Å². The van der Waals surface area contributed by atoms with Gasteiger partial charge >= 0.3 is 12.1 Å². The number of amides is 3. The van der Waals surface area contributed by atoms with Gasteiger partial charge in [0.15, 0.2) is 0 Å². The lowest BCUT2D eigenvalue weighted by Crippen LogP contribution is -2.23. The number of anilines is 3. The summed E-state index contributed by atoms with van der Waals surface area (Å²) in [6.07, 6.45) is -0.499. The number of hydrogen-bond donors (Lipinski definition) is 4. The molecule has 4 N–H and O–H groups in total. The van der Waals surface area contributed by atoms with Gasteiger partial charge in [0.2, 0.25) is 5.95 Å². The highest BCUT2D eigenvalue weighted by Crippen LogP contribution is 2.15. The molecule has 0 aliphatic heterocycles. The average Bonchev–Trinajstić information content (AvgIpc) is 2.61. The normalized spacial score (nSPS) is 10.1. The van der Waals surface area contributed by atoms with Crippen molar-refractivity contribution in [2.24, 2.45) is 0 Å². The Hall–Kier alpha value is -3.36.